The predicted molar refractivity (Wildman–Crippen MR) is 64.3 cm³/mol. The summed E-state index contributed by atoms with van der Waals surface area (Å²) in [6.07, 6.45) is 0.952. The normalized spacial score (nSPS) is 20.8. The molecule has 1 rings (SSSR count). The van der Waals surface area contributed by atoms with Gasteiger partial charge >= 0.3 is 0 Å². The molecule has 0 saturated carbocycles. The first-order valence-electron chi connectivity index (χ1n) is 5.99. The van der Waals surface area contributed by atoms with Crippen molar-refractivity contribution in [1.82, 2.24) is 4.90 Å². The Morgan fingerprint density at radius 1 is 1.44 bits per heavy atom. The quantitative estimate of drug-likeness (QED) is 0.750. The van der Waals surface area contributed by atoms with Gasteiger partial charge in [-0.3, -0.25) is 9.69 Å². The van der Waals surface area contributed by atoms with Gasteiger partial charge in [0.25, 0.3) is 0 Å². The summed E-state index contributed by atoms with van der Waals surface area (Å²) < 4.78 is 5.30. The number of ether oxygens (including phenoxy) is 1. The maximum Gasteiger partial charge on any atom is 0.147 e. The van der Waals surface area contributed by atoms with Gasteiger partial charge in [-0.25, -0.2) is 0 Å². The zero-order valence-corrected chi connectivity index (χ0v) is 10.7. The molecule has 1 aliphatic rings. The van der Waals surface area contributed by atoms with E-state index in [4.69, 9.17) is 10.5 Å². The Bertz CT molecular complexity index is 235. The van der Waals surface area contributed by atoms with Gasteiger partial charge in [0.1, 0.15) is 5.78 Å². The molecule has 16 heavy (non-hydrogen) atoms. The van der Waals surface area contributed by atoms with Crippen molar-refractivity contribution < 1.29 is 9.53 Å². The van der Waals surface area contributed by atoms with Crippen molar-refractivity contribution in [2.75, 3.05) is 32.8 Å². The molecule has 0 aliphatic carbocycles. The Labute approximate surface area is 98.1 Å². The number of morpholine rings is 1. The third-order valence-electron chi connectivity index (χ3n) is 3.46. The number of carbonyl (C=O) groups excluding carboxylic acids is 1. The summed E-state index contributed by atoms with van der Waals surface area (Å²) in [5, 5.41) is 0. The van der Waals surface area contributed by atoms with Crippen LogP contribution in [0.1, 0.15) is 27.2 Å². The molecule has 0 amide bonds. The van der Waals surface area contributed by atoms with Crippen molar-refractivity contribution in [2.24, 2.45) is 11.1 Å². The molecule has 1 saturated heterocycles. The van der Waals surface area contributed by atoms with E-state index in [1.807, 2.05) is 0 Å². The fourth-order valence-electron chi connectivity index (χ4n) is 1.98. The molecule has 4 heteroatoms. The van der Waals surface area contributed by atoms with Crippen LogP contribution in [0.4, 0.5) is 0 Å². The third kappa shape index (κ3) is 3.85. The lowest BCUT2D eigenvalue weighted by Crippen LogP contribution is -2.45. The van der Waals surface area contributed by atoms with E-state index in [0.29, 0.717) is 0 Å². The van der Waals surface area contributed by atoms with Crippen LogP contribution in [-0.2, 0) is 9.53 Å². The first-order valence-corrected chi connectivity index (χ1v) is 5.99. The van der Waals surface area contributed by atoms with E-state index in [0.717, 1.165) is 39.3 Å². The van der Waals surface area contributed by atoms with Crippen molar-refractivity contribution in [3.63, 3.8) is 0 Å². The molecule has 94 valence electrons. The van der Waals surface area contributed by atoms with E-state index in [2.05, 4.69) is 18.7 Å². The van der Waals surface area contributed by atoms with E-state index in [1.165, 1.54) is 0 Å². The Balaban J connectivity index is 2.37. The lowest BCUT2D eigenvalue weighted by atomic mass is 9.80. The second-order valence-corrected chi connectivity index (χ2v) is 5.28. The molecule has 1 fully saturated rings. The average molecular weight is 228 g/mol. The minimum atomic E-state index is -0.353. The maximum absolute atomic E-state index is 11.3. The predicted octanol–water partition coefficient (Wildman–Crippen LogP) is 0.651. The number of hydrogen-bond acceptors (Lipinski definition) is 4. The summed E-state index contributed by atoms with van der Waals surface area (Å²) in [4.78, 5) is 13.7. The fraction of sp³-hybridized carbons (Fsp3) is 0.917. The van der Waals surface area contributed by atoms with Crippen LogP contribution in [-0.4, -0.2) is 49.6 Å². The van der Waals surface area contributed by atoms with Crippen LogP contribution in [0.3, 0.4) is 0 Å². The van der Waals surface area contributed by atoms with Crippen molar-refractivity contribution in [1.29, 1.82) is 0 Å². The van der Waals surface area contributed by atoms with Crippen molar-refractivity contribution in [3.05, 3.63) is 0 Å². The van der Waals surface area contributed by atoms with Gasteiger partial charge in [0, 0.05) is 13.1 Å². The van der Waals surface area contributed by atoms with Crippen LogP contribution in [0.2, 0.25) is 0 Å². The number of carbonyl (C=O) groups is 1. The standard InChI is InChI=1S/C12H24N2O2/c1-10(15)11(13)12(2,3)4-5-14-6-8-16-9-7-14/h11H,4-9,13H2,1-3H3. The molecular formula is C12H24N2O2. The molecule has 0 aromatic carbocycles. The summed E-state index contributed by atoms with van der Waals surface area (Å²) in [7, 11) is 0. The maximum atomic E-state index is 11.3. The molecule has 0 aromatic heterocycles. The Hall–Kier alpha value is -0.450. The lowest BCUT2D eigenvalue weighted by molar-refractivity contribution is -0.120. The Morgan fingerprint density at radius 3 is 2.50 bits per heavy atom. The SMILES string of the molecule is CC(=O)C(N)C(C)(C)CCN1CCOCC1. The minimum absolute atomic E-state index is 0.0759. The van der Waals surface area contributed by atoms with Gasteiger partial charge in [0.2, 0.25) is 0 Å². The monoisotopic (exact) mass is 228 g/mol. The summed E-state index contributed by atoms with van der Waals surface area (Å²) in [5.74, 6) is 0.0759. The number of Topliss-reactive ketones (excluding diaryl/α,β-unsaturated/α-hetero) is 1. The zero-order chi connectivity index (χ0) is 12.2. The topological polar surface area (TPSA) is 55.6 Å². The van der Waals surface area contributed by atoms with E-state index in [1.54, 1.807) is 6.92 Å². The molecular weight excluding hydrogens is 204 g/mol. The molecule has 1 aliphatic heterocycles. The molecule has 2 N–H and O–H groups in total. The van der Waals surface area contributed by atoms with Gasteiger partial charge in [-0.05, 0) is 25.3 Å². The van der Waals surface area contributed by atoms with Gasteiger partial charge < -0.3 is 10.5 Å². The van der Waals surface area contributed by atoms with Gasteiger partial charge in [0.05, 0.1) is 19.3 Å². The highest BCUT2D eigenvalue weighted by Gasteiger charge is 2.30. The van der Waals surface area contributed by atoms with Crippen LogP contribution in [0, 0.1) is 5.41 Å². The lowest BCUT2D eigenvalue weighted by Gasteiger charge is -2.34. The second-order valence-electron chi connectivity index (χ2n) is 5.28. The summed E-state index contributed by atoms with van der Waals surface area (Å²) >= 11 is 0. The molecule has 1 unspecified atom stereocenters. The number of nitrogens with zero attached hydrogens (tertiary/aromatic N) is 1. The van der Waals surface area contributed by atoms with Gasteiger partial charge in [0.15, 0.2) is 0 Å². The molecule has 1 atom stereocenters. The average Bonchev–Trinajstić information content (AvgIpc) is 2.27. The number of ketones is 1. The smallest absolute Gasteiger partial charge is 0.147 e. The van der Waals surface area contributed by atoms with Gasteiger partial charge in [-0.1, -0.05) is 13.8 Å². The summed E-state index contributed by atoms with van der Waals surface area (Å²) in [5.41, 5.74) is 5.80. The van der Waals surface area contributed by atoms with E-state index in [-0.39, 0.29) is 17.2 Å². The molecule has 0 radical (unpaired) electrons. The molecule has 0 bridgehead atoms. The van der Waals surface area contributed by atoms with Crippen LogP contribution < -0.4 is 5.73 Å². The van der Waals surface area contributed by atoms with E-state index >= 15 is 0 Å². The van der Waals surface area contributed by atoms with Crippen LogP contribution in [0.15, 0.2) is 0 Å². The number of rotatable bonds is 5. The van der Waals surface area contributed by atoms with Crippen molar-refractivity contribution in [3.8, 4) is 0 Å². The minimum Gasteiger partial charge on any atom is -0.379 e. The highest BCUT2D eigenvalue weighted by molar-refractivity contribution is 5.82. The highest BCUT2D eigenvalue weighted by atomic mass is 16.5. The first kappa shape index (κ1) is 13.6. The first-order chi connectivity index (χ1) is 7.43. The zero-order valence-electron chi connectivity index (χ0n) is 10.7. The number of nitrogens with two attached hydrogens (primary N) is 1. The van der Waals surface area contributed by atoms with Crippen molar-refractivity contribution >= 4 is 5.78 Å². The molecule has 0 spiro atoms. The van der Waals surface area contributed by atoms with Crippen LogP contribution >= 0.6 is 0 Å². The number of hydrogen-bond donors (Lipinski definition) is 1. The van der Waals surface area contributed by atoms with E-state index in [9.17, 15) is 4.79 Å². The fourth-order valence-corrected chi connectivity index (χ4v) is 1.98. The largest absolute Gasteiger partial charge is 0.379 e. The summed E-state index contributed by atoms with van der Waals surface area (Å²) in [6, 6.07) is -0.353. The third-order valence-corrected chi connectivity index (χ3v) is 3.46. The van der Waals surface area contributed by atoms with Gasteiger partial charge in [-0.15, -0.1) is 0 Å². The molecule has 4 nitrogen and oxygen atoms in total. The van der Waals surface area contributed by atoms with Gasteiger partial charge in [-0.2, -0.15) is 0 Å². The Kier molecular flexibility index (Phi) is 4.89. The van der Waals surface area contributed by atoms with E-state index < -0.39 is 0 Å². The summed E-state index contributed by atoms with van der Waals surface area (Å²) in [6.45, 7) is 10.3. The van der Waals surface area contributed by atoms with Crippen molar-refractivity contribution in [2.45, 2.75) is 33.2 Å². The second kappa shape index (κ2) is 5.75. The highest BCUT2D eigenvalue weighted by Crippen LogP contribution is 2.25. The van der Waals surface area contributed by atoms with Crippen LogP contribution in [0.5, 0.6) is 0 Å². The van der Waals surface area contributed by atoms with Crippen LogP contribution in [0.25, 0.3) is 0 Å². The molecule has 0 aromatic rings. The molecule has 1 heterocycles. The Morgan fingerprint density at radius 2 is 2.00 bits per heavy atom.